The molecule has 1 heterocycles. The Labute approximate surface area is 260 Å². The Balaban J connectivity index is 1.50. The number of azide groups is 1. The quantitative estimate of drug-likeness (QED) is 0.0538. The standard InChI is InChI=1S/C34H33FN6O4/c35-27-15-11-24(12-16-27)19-20-37-40-33(43)34(23-25-7-2-1-3-8-25)31(29-9-4-5-10-30(29)39-41-36)45-32(38-34)26-13-17-28(18-14-26)44-22-6-21-42/h1-5,7-18,31,37,42H,6,19-23H2,(H,40,43)/t31-,34-/m0/s1. The van der Waals surface area contributed by atoms with E-state index in [1.54, 1.807) is 60.7 Å². The van der Waals surface area contributed by atoms with Crippen LogP contribution in [-0.4, -0.2) is 42.2 Å². The molecule has 4 aromatic carbocycles. The molecular weight excluding hydrogens is 575 g/mol. The third kappa shape index (κ3) is 7.66. The van der Waals surface area contributed by atoms with Gasteiger partial charge in [-0.2, -0.15) is 0 Å². The van der Waals surface area contributed by atoms with Gasteiger partial charge < -0.3 is 14.6 Å². The van der Waals surface area contributed by atoms with E-state index in [-0.39, 0.29) is 24.7 Å². The lowest BCUT2D eigenvalue weighted by Gasteiger charge is -2.31. The summed E-state index contributed by atoms with van der Waals surface area (Å²) in [4.78, 5) is 22.3. The molecule has 1 aliphatic heterocycles. The van der Waals surface area contributed by atoms with Crippen molar-refractivity contribution in [2.24, 2.45) is 10.1 Å². The Kier molecular flexibility index (Phi) is 10.4. The number of carbonyl (C=O) groups excluding carboxylic acids is 1. The predicted molar refractivity (Wildman–Crippen MR) is 168 cm³/mol. The maximum absolute atomic E-state index is 14.3. The number of hydrogen-bond donors (Lipinski definition) is 3. The van der Waals surface area contributed by atoms with Crippen molar-refractivity contribution >= 4 is 17.5 Å². The summed E-state index contributed by atoms with van der Waals surface area (Å²) in [7, 11) is 0. The number of rotatable bonds is 14. The molecule has 4 aromatic rings. The lowest BCUT2D eigenvalue weighted by molar-refractivity contribution is -0.130. The highest BCUT2D eigenvalue weighted by molar-refractivity contribution is 6.01. The van der Waals surface area contributed by atoms with Gasteiger partial charge in [0.15, 0.2) is 11.6 Å². The fraction of sp³-hybridized carbons (Fsp3) is 0.235. The van der Waals surface area contributed by atoms with Crippen molar-refractivity contribution in [1.29, 1.82) is 0 Å². The minimum absolute atomic E-state index is 0.0358. The minimum Gasteiger partial charge on any atom is -0.494 e. The number of carbonyl (C=O) groups is 1. The van der Waals surface area contributed by atoms with Crippen LogP contribution in [0.15, 0.2) is 113 Å². The molecule has 0 aromatic heterocycles. The van der Waals surface area contributed by atoms with Crippen LogP contribution in [0.4, 0.5) is 10.1 Å². The number of aliphatic hydroxyl groups excluding tert-OH is 1. The summed E-state index contributed by atoms with van der Waals surface area (Å²) >= 11 is 0. The molecule has 2 atom stereocenters. The summed E-state index contributed by atoms with van der Waals surface area (Å²) in [6.07, 6.45) is 0.292. The molecule has 5 rings (SSSR count). The van der Waals surface area contributed by atoms with Crippen molar-refractivity contribution < 1.29 is 23.8 Å². The van der Waals surface area contributed by atoms with Crippen LogP contribution < -0.4 is 15.6 Å². The molecule has 45 heavy (non-hydrogen) atoms. The number of ether oxygens (including phenoxy) is 2. The number of hydrogen-bond acceptors (Lipinski definition) is 7. The van der Waals surface area contributed by atoms with E-state index in [0.717, 1.165) is 11.1 Å². The first kappa shape index (κ1) is 31.2. The molecular formula is C34H33FN6O4. The molecule has 0 saturated heterocycles. The monoisotopic (exact) mass is 608 g/mol. The number of amides is 1. The molecule has 11 heteroatoms. The largest absolute Gasteiger partial charge is 0.494 e. The van der Waals surface area contributed by atoms with Crippen molar-refractivity contribution in [3.05, 3.63) is 142 Å². The van der Waals surface area contributed by atoms with Crippen LogP contribution in [0.3, 0.4) is 0 Å². The number of aliphatic imine (C=N–C) groups is 1. The zero-order chi connectivity index (χ0) is 31.5. The van der Waals surface area contributed by atoms with E-state index in [9.17, 15) is 14.7 Å². The summed E-state index contributed by atoms with van der Waals surface area (Å²) in [6.45, 7) is 0.794. The number of nitrogens with one attached hydrogen (secondary N) is 2. The van der Waals surface area contributed by atoms with E-state index in [2.05, 4.69) is 20.9 Å². The molecule has 230 valence electrons. The average Bonchev–Trinajstić information content (AvgIpc) is 3.45. The molecule has 0 bridgehead atoms. The van der Waals surface area contributed by atoms with Gasteiger partial charge in [0.25, 0.3) is 5.91 Å². The van der Waals surface area contributed by atoms with Crippen molar-refractivity contribution in [1.82, 2.24) is 10.9 Å². The van der Waals surface area contributed by atoms with Crippen molar-refractivity contribution in [3.63, 3.8) is 0 Å². The van der Waals surface area contributed by atoms with E-state index >= 15 is 0 Å². The third-order valence-corrected chi connectivity index (χ3v) is 7.37. The summed E-state index contributed by atoms with van der Waals surface area (Å²) in [5, 5.41) is 12.9. The molecule has 3 N–H and O–H groups in total. The topological polar surface area (TPSA) is 141 Å². The van der Waals surface area contributed by atoms with Gasteiger partial charge in [0.1, 0.15) is 11.6 Å². The Morgan fingerprint density at radius 1 is 1.00 bits per heavy atom. The maximum Gasteiger partial charge on any atom is 0.266 e. The van der Waals surface area contributed by atoms with Crippen LogP contribution in [0.1, 0.15) is 34.8 Å². The molecule has 1 aliphatic rings. The Morgan fingerprint density at radius 2 is 1.73 bits per heavy atom. The second-order valence-electron chi connectivity index (χ2n) is 10.5. The molecule has 0 fully saturated rings. The third-order valence-electron chi connectivity index (χ3n) is 7.37. The van der Waals surface area contributed by atoms with Gasteiger partial charge in [-0.25, -0.2) is 14.8 Å². The summed E-state index contributed by atoms with van der Waals surface area (Å²) in [6, 6.07) is 29.8. The molecule has 0 aliphatic carbocycles. The zero-order valence-electron chi connectivity index (χ0n) is 24.5. The smallest absolute Gasteiger partial charge is 0.266 e. The molecule has 0 saturated carbocycles. The molecule has 0 radical (unpaired) electrons. The van der Waals surface area contributed by atoms with Gasteiger partial charge in [0, 0.05) is 47.7 Å². The van der Waals surface area contributed by atoms with Gasteiger partial charge in [0.05, 0.1) is 6.61 Å². The molecule has 1 amide bonds. The first-order valence-electron chi connectivity index (χ1n) is 14.6. The fourth-order valence-corrected chi connectivity index (χ4v) is 5.12. The highest BCUT2D eigenvalue weighted by Crippen LogP contribution is 2.45. The van der Waals surface area contributed by atoms with Crippen LogP contribution in [0.5, 0.6) is 5.75 Å². The Morgan fingerprint density at radius 3 is 2.47 bits per heavy atom. The maximum atomic E-state index is 14.3. The van der Waals surface area contributed by atoms with Crippen molar-refractivity contribution in [2.75, 3.05) is 19.8 Å². The number of halogens is 1. The molecule has 0 spiro atoms. The van der Waals surface area contributed by atoms with Gasteiger partial charge in [-0.3, -0.25) is 10.2 Å². The van der Waals surface area contributed by atoms with Crippen LogP contribution in [0.25, 0.3) is 10.4 Å². The van der Waals surface area contributed by atoms with Crippen LogP contribution in [0, 0.1) is 5.82 Å². The van der Waals surface area contributed by atoms with Gasteiger partial charge in [-0.1, -0.05) is 71.8 Å². The normalized spacial score (nSPS) is 17.1. The van der Waals surface area contributed by atoms with Gasteiger partial charge >= 0.3 is 0 Å². The van der Waals surface area contributed by atoms with Crippen molar-refractivity contribution in [3.8, 4) is 5.75 Å². The van der Waals surface area contributed by atoms with Crippen LogP contribution >= 0.6 is 0 Å². The SMILES string of the molecule is [N-]=[N+]=Nc1ccccc1[C@@H]1OC(c2ccc(OCCCO)cc2)=N[C@]1(Cc1ccccc1)C(=O)NNCCc1ccc(F)cc1. The van der Waals surface area contributed by atoms with E-state index in [1.165, 1.54) is 12.1 Å². The highest BCUT2D eigenvalue weighted by Gasteiger charge is 2.54. The summed E-state index contributed by atoms with van der Waals surface area (Å²) in [5.41, 5.74) is 16.9. The number of benzene rings is 4. The first-order valence-corrected chi connectivity index (χ1v) is 14.6. The molecule has 10 nitrogen and oxygen atoms in total. The second-order valence-corrected chi connectivity index (χ2v) is 10.5. The zero-order valence-corrected chi connectivity index (χ0v) is 24.5. The summed E-state index contributed by atoms with van der Waals surface area (Å²) < 4.78 is 25.5. The molecule has 0 unspecified atom stereocenters. The van der Waals surface area contributed by atoms with E-state index in [4.69, 9.17) is 19.6 Å². The first-order chi connectivity index (χ1) is 22.0. The number of nitrogens with zero attached hydrogens (tertiary/aromatic N) is 4. The number of aliphatic hydroxyl groups is 1. The lowest BCUT2D eigenvalue weighted by Crippen LogP contribution is -2.54. The fourth-order valence-electron chi connectivity index (χ4n) is 5.12. The van der Waals surface area contributed by atoms with E-state index in [0.29, 0.717) is 48.6 Å². The Bertz CT molecular complexity index is 1660. The second kappa shape index (κ2) is 15.0. The van der Waals surface area contributed by atoms with Gasteiger partial charge in [-0.05, 0) is 59.5 Å². The Hall–Kier alpha value is -5.22. The highest BCUT2D eigenvalue weighted by atomic mass is 19.1. The van der Waals surface area contributed by atoms with E-state index < -0.39 is 17.6 Å². The minimum atomic E-state index is -1.50. The number of hydrazine groups is 1. The van der Waals surface area contributed by atoms with Gasteiger partial charge in [-0.15, -0.1) is 0 Å². The summed E-state index contributed by atoms with van der Waals surface area (Å²) in [5.74, 6) is 0.114. The lowest BCUT2D eigenvalue weighted by atomic mass is 9.81. The predicted octanol–water partition coefficient (Wildman–Crippen LogP) is 5.89. The van der Waals surface area contributed by atoms with Gasteiger partial charge in [0.2, 0.25) is 5.90 Å². The van der Waals surface area contributed by atoms with Crippen LogP contribution in [0.2, 0.25) is 0 Å². The average molecular weight is 609 g/mol. The van der Waals surface area contributed by atoms with Crippen molar-refractivity contribution in [2.45, 2.75) is 30.9 Å². The van der Waals surface area contributed by atoms with E-state index in [1.807, 2.05) is 30.3 Å². The van der Waals surface area contributed by atoms with Crippen LogP contribution in [-0.2, 0) is 22.4 Å².